The molecule has 0 aliphatic heterocycles. The standard InChI is InChI=1S/C22H23N7OS2/c1-3-20-26-27-21(32-20)24-19(30)14-31-22-28-25-18(29(22)17-7-5-4-6-8-17)13-23-16-11-9-15(2)10-12-16/h4-12,23H,3,13-14H2,1-2H3,(H,24,27,30). The number of aryl methyl sites for hydroxylation is 2. The lowest BCUT2D eigenvalue weighted by atomic mass is 10.2. The predicted molar refractivity (Wildman–Crippen MR) is 129 cm³/mol. The quantitative estimate of drug-likeness (QED) is 0.355. The first-order valence-electron chi connectivity index (χ1n) is 10.2. The lowest BCUT2D eigenvalue weighted by Crippen LogP contribution is -2.14. The molecule has 164 valence electrons. The summed E-state index contributed by atoms with van der Waals surface area (Å²) in [6.45, 7) is 4.56. The SMILES string of the molecule is CCc1nnc(NC(=O)CSc2nnc(CNc3ccc(C)cc3)n2-c2ccccc2)s1. The highest BCUT2D eigenvalue weighted by atomic mass is 32.2. The second kappa shape index (κ2) is 10.4. The number of para-hydroxylation sites is 1. The molecule has 1 amide bonds. The van der Waals surface area contributed by atoms with Crippen LogP contribution in [-0.2, 0) is 17.8 Å². The molecule has 2 aromatic carbocycles. The van der Waals surface area contributed by atoms with Crippen LogP contribution >= 0.6 is 23.1 Å². The maximum Gasteiger partial charge on any atom is 0.236 e. The van der Waals surface area contributed by atoms with E-state index in [1.807, 2.05) is 54.0 Å². The summed E-state index contributed by atoms with van der Waals surface area (Å²) >= 11 is 2.72. The van der Waals surface area contributed by atoms with Crippen LogP contribution in [0.25, 0.3) is 5.69 Å². The van der Waals surface area contributed by atoms with Crippen molar-refractivity contribution < 1.29 is 4.79 Å². The number of hydrogen-bond acceptors (Lipinski definition) is 8. The molecule has 0 saturated heterocycles. The molecule has 0 radical (unpaired) electrons. The molecule has 4 aromatic rings. The zero-order valence-corrected chi connectivity index (χ0v) is 19.4. The number of nitrogens with zero attached hydrogens (tertiary/aromatic N) is 5. The number of carbonyl (C=O) groups is 1. The lowest BCUT2D eigenvalue weighted by molar-refractivity contribution is -0.113. The Morgan fingerprint density at radius 3 is 2.53 bits per heavy atom. The van der Waals surface area contributed by atoms with Crippen LogP contribution in [0.2, 0.25) is 0 Å². The fourth-order valence-electron chi connectivity index (χ4n) is 2.93. The summed E-state index contributed by atoms with van der Waals surface area (Å²) in [5.41, 5.74) is 3.16. The summed E-state index contributed by atoms with van der Waals surface area (Å²) in [4.78, 5) is 12.4. The zero-order chi connectivity index (χ0) is 22.3. The maximum atomic E-state index is 12.4. The number of nitrogens with one attached hydrogen (secondary N) is 2. The van der Waals surface area contributed by atoms with Crippen LogP contribution in [-0.4, -0.2) is 36.6 Å². The van der Waals surface area contributed by atoms with Crippen LogP contribution in [0.4, 0.5) is 10.8 Å². The summed E-state index contributed by atoms with van der Waals surface area (Å²) < 4.78 is 1.97. The molecule has 0 saturated carbocycles. The summed E-state index contributed by atoms with van der Waals surface area (Å²) in [7, 11) is 0. The average molecular weight is 466 g/mol. The highest BCUT2D eigenvalue weighted by Crippen LogP contribution is 2.23. The third kappa shape index (κ3) is 5.51. The van der Waals surface area contributed by atoms with Crippen molar-refractivity contribution in [3.05, 3.63) is 71.0 Å². The van der Waals surface area contributed by atoms with Crippen LogP contribution in [0.1, 0.15) is 23.3 Å². The molecule has 0 fully saturated rings. The molecule has 2 N–H and O–H groups in total. The third-order valence-corrected chi connectivity index (χ3v) is 6.48. The molecule has 0 aliphatic carbocycles. The van der Waals surface area contributed by atoms with Crippen LogP contribution in [0.5, 0.6) is 0 Å². The molecule has 2 heterocycles. The molecule has 0 bridgehead atoms. The van der Waals surface area contributed by atoms with E-state index >= 15 is 0 Å². The van der Waals surface area contributed by atoms with E-state index in [-0.39, 0.29) is 11.7 Å². The van der Waals surface area contributed by atoms with Gasteiger partial charge in [0.05, 0.1) is 12.3 Å². The molecule has 10 heteroatoms. The summed E-state index contributed by atoms with van der Waals surface area (Å²) in [5, 5.41) is 25.0. The molecule has 4 rings (SSSR count). The fraction of sp³-hybridized carbons (Fsp3) is 0.227. The Balaban J connectivity index is 1.47. The van der Waals surface area contributed by atoms with Gasteiger partial charge in [0.15, 0.2) is 11.0 Å². The molecule has 8 nitrogen and oxygen atoms in total. The molecule has 0 aliphatic rings. The number of benzene rings is 2. The Kier molecular flexibility index (Phi) is 7.13. The smallest absolute Gasteiger partial charge is 0.236 e. The molecule has 32 heavy (non-hydrogen) atoms. The molecular formula is C22H23N7OS2. The Morgan fingerprint density at radius 1 is 1.03 bits per heavy atom. The molecule has 0 unspecified atom stereocenters. The molecule has 2 aromatic heterocycles. The van der Waals surface area contributed by atoms with Crippen LogP contribution in [0.15, 0.2) is 59.8 Å². The highest BCUT2D eigenvalue weighted by Gasteiger charge is 2.16. The third-order valence-electron chi connectivity index (χ3n) is 4.56. The van der Waals surface area contributed by atoms with Crippen LogP contribution < -0.4 is 10.6 Å². The molecule has 0 atom stereocenters. The topological polar surface area (TPSA) is 97.6 Å². The Labute approximate surface area is 194 Å². The first-order valence-corrected chi connectivity index (χ1v) is 12.0. The van der Waals surface area contributed by atoms with Crippen LogP contribution in [0.3, 0.4) is 0 Å². The van der Waals surface area contributed by atoms with Crippen molar-refractivity contribution in [2.45, 2.75) is 32.0 Å². The zero-order valence-electron chi connectivity index (χ0n) is 17.8. The number of hydrogen-bond donors (Lipinski definition) is 2. The van der Waals surface area contributed by atoms with Crippen molar-refractivity contribution >= 4 is 39.8 Å². The number of rotatable bonds is 9. The summed E-state index contributed by atoms with van der Waals surface area (Å²) in [6, 6.07) is 18.1. The Morgan fingerprint density at radius 2 is 1.81 bits per heavy atom. The van der Waals surface area contributed by atoms with E-state index in [2.05, 4.69) is 50.1 Å². The summed E-state index contributed by atoms with van der Waals surface area (Å²) in [5.74, 6) is 0.796. The fourth-order valence-corrected chi connectivity index (χ4v) is 4.40. The van der Waals surface area contributed by atoms with Gasteiger partial charge in [0.1, 0.15) is 5.01 Å². The van der Waals surface area contributed by atoms with E-state index in [9.17, 15) is 4.79 Å². The van der Waals surface area contributed by atoms with E-state index in [0.717, 1.165) is 28.6 Å². The van der Waals surface area contributed by atoms with E-state index in [1.54, 1.807) is 0 Å². The van der Waals surface area contributed by atoms with Crippen molar-refractivity contribution in [2.24, 2.45) is 0 Å². The van der Waals surface area contributed by atoms with Crippen molar-refractivity contribution in [3.8, 4) is 5.69 Å². The lowest BCUT2D eigenvalue weighted by Gasteiger charge is -2.11. The number of carbonyl (C=O) groups excluding carboxylic acids is 1. The van der Waals surface area contributed by atoms with Crippen molar-refractivity contribution in [2.75, 3.05) is 16.4 Å². The number of anilines is 2. The monoisotopic (exact) mass is 465 g/mol. The van der Waals surface area contributed by atoms with Gasteiger partial charge in [-0.3, -0.25) is 14.7 Å². The molecular weight excluding hydrogens is 442 g/mol. The minimum absolute atomic E-state index is 0.157. The first kappa shape index (κ1) is 22.0. The van der Waals surface area contributed by atoms with Gasteiger partial charge in [-0.25, -0.2) is 0 Å². The Bertz CT molecular complexity index is 1170. The van der Waals surface area contributed by atoms with E-state index in [1.165, 1.54) is 28.7 Å². The van der Waals surface area contributed by atoms with Gasteiger partial charge in [-0.1, -0.05) is 65.9 Å². The number of thioether (sulfide) groups is 1. The Hall–Kier alpha value is -3.24. The van der Waals surface area contributed by atoms with Gasteiger partial charge in [0, 0.05) is 11.4 Å². The predicted octanol–water partition coefficient (Wildman–Crippen LogP) is 4.33. The largest absolute Gasteiger partial charge is 0.378 e. The maximum absolute atomic E-state index is 12.4. The van der Waals surface area contributed by atoms with Crippen LogP contribution in [0, 0.1) is 6.92 Å². The van der Waals surface area contributed by atoms with E-state index in [4.69, 9.17) is 0 Å². The van der Waals surface area contributed by atoms with E-state index in [0.29, 0.717) is 16.8 Å². The van der Waals surface area contributed by atoms with Crippen molar-refractivity contribution in [1.82, 2.24) is 25.0 Å². The minimum atomic E-state index is -0.157. The second-order valence-electron chi connectivity index (χ2n) is 6.98. The van der Waals surface area contributed by atoms with Gasteiger partial charge in [-0.05, 0) is 37.6 Å². The average Bonchev–Trinajstić information content (AvgIpc) is 3.44. The van der Waals surface area contributed by atoms with Gasteiger partial charge >= 0.3 is 0 Å². The van der Waals surface area contributed by atoms with Gasteiger partial charge < -0.3 is 5.32 Å². The highest BCUT2D eigenvalue weighted by molar-refractivity contribution is 7.99. The van der Waals surface area contributed by atoms with Gasteiger partial charge in [-0.15, -0.1) is 20.4 Å². The molecule has 0 spiro atoms. The minimum Gasteiger partial charge on any atom is -0.378 e. The summed E-state index contributed by atoms with van der Waals surface area (Å²) in [6.07, 6.45) is 0.794. The van der Waals surface area contributed by atoms with Gasteiger partial charge in [0.25, 0.3) is 0 Å². The van der Waals surface area contributed by atoms with Gasteiger partial charge in [0.2, 0.25) is 11.0 Å². The second-order valence-corrected chi connectivity index (χ2v) is 8.99. The number of amides is 1. The van der Waals surface area contributed by atoms with Crippen molar-refractivity contribution in [3.63, 3.8) is 0 Å². The number of aromatic nitrogens is 5. The van der Waals surface area contributed by atoms with Crippen molar-refractivity contribution in [1.29, 1.82) is 0 Å². The first-order chi connectivity index (χ1) is 15.6. The normalized spacial score (nSPS) is 10.8. The van der Waals surface area contributed by atoms with E-state index < -0.39 is 0 Å². The van der Waals surface area contributed by atoms with Gasteiger partial charge in [-0.2, -0.15) is 0 Å².